The summed E-state index contributed by atoms with van der Waals surface area (Å²) in [6.07, 6.45) is 2.85. The number of hydrazone groups is 2. The Morgan fingerprint density at radius 1 is 1.60 bits per heavy atom. The molecule has 10 heavy (non-hydrogen) atoms. The molecule has 0 aromatic rings. The molecule has 1 heterocycles. The van der Waals surface area contributed by atoms with E-state index in [0.29, 0.717) is 0 Å². The van der Waals surface area contributed by atoms with Crippen molar-refractivity contribution in [3.05, 3.63) is 0 Å². The predicted octanol–water partition coefficient (Wildman–Crippen LogP) is -0.847. The highest BCUT2D eigenvalue weighted by Crippen LogP contribution is 1.85. The van der Waals surface area contributed by atoms with Crippen molar-refractivity contribution in [2.45, 2.75) is 0 Å². The minimum Gasteiger partial charge on any atom is -0.191 e. The summed E-state index contributed by atoms with van der Waals surface area (Å²) in [6.45, 7) is 0. The number of rotatable bonds is 0. The van der Waals surface area contributed by atoms with Crippen molar-refractivity contribution in [3.8, 4) is 12.3 Å². The highest BCUT2D eigenvalue weighted by atomic mass is 15.8. The van der Waals surface area contributed by atoms with Gasteiger partial charge < -0.3 is 0 Å². The van der Waals surface area contributed by atoms with E-state index in [1.165, 1.54) is 6.21 Å². The number of nitrogens with one attached hydrogen (secondary N) is 1. The van der Waals surface area contributed by atoms with Gasteiger partial charge in [0.1, 0.15) is 6.07 Å². The Morgan fingerprint density at radius 3 is 2.80 bits per heavy atom. The third-order valence-electron chi connectivity index (χ3n) is 0.770. The second-order valence-electron chi connectivity index (χ2n) is 1.37. The topological polar surface area (TPSA) is 87.6 Å². The normalized spacial score (nSPS) is 14.6. The van der Waals surface area contributed by atoms with Crippen LogP contribution in [-0.2, 0) is 0 Å². The average molecular weight is 134 g/mol. The Morgan fingerprint density at radius 2 is 2.40 bits per heavy atom. The summed E-state index contributed by atoms with van der Waals surface area (Å²) in [5.41, 5.74) is 2.35. The molecule has 6 nitrogen and oxygen atoms in total. The Kier molecular flexibility index (Phi) is 1.49. The minimum absolute atomic E-state index is 0.145. The molecule has 0 amide bonds. The molecule has 1 N–H and O–H groups in total. The lowest BCUT2D eigenvalue weighted by Crippen LogP contribution is -2.29. The van der Waals surface area contributed by atoms with Crippen molar-refractivity contribution in [1.29, 1.82) is 10.5 Å². The van der Waals surface area contributed by atoms with Gasteiger partial charge in [0.15, 0.2) is 5.71 Å². The number of hydrogen-bond acceptors (Lipinski definition) is 6. The fourth-order valence-electron chi connectivity index (χ4n) is 0.370. The van der Waals surface area contributed by atoms with E-state index in [0.717, 1.165) is 5.12 Å². The van der Waals surface area contributed by atoms with Crippen molar-refractivity contribution in [1.82, 2.24) is 10.7 Å². The van der Waals surface area contributed by atoms with E-state index in [4.69, 9.17) is 10.5 Å². The molecule has 0 atom stereocenters. The Hall–Kier alpha value is -2.08. The largest absolute Gasteiger partial charge is 0.224 e. The zero-order chi connectivity index (χ0) is 7.40. The van der Waals surface area contributed by atoms with E-state index in [2.05, 4.69) is 15.7 Å². The predicted molar refractivity (Wildman–Crippen MR) is 32.1 cm³/mol. The fraction of sp³-hybridized carbons (Fsp3) is 0. The van der Waals surface area contributed by atoms with Gasteiger partial charge in [0.05, 0.1) is 6.21 Å². The van der Waals surface area contributed by atoms with Gasteiger partial charge in [-0.25, -0.2) is 0 Å². The maximum Gasteiger partial charge on any atom is 0.224 e. The van der Waals surface area contributed by atoms with Crippen LogP contribution in [0.4, 0.5) is 0 Å². The first-order chi connectivity index (χ1) is 4.86. The molecule has 0 saturated carbocycles. The summed E-state index contributed by atoms with van der Waals surface area (Å²) in [5.74, 6) is 0. The van der Waals surface area contributed by atoms with Crippen LogP contribution in [0.15, 0.2) is 10.2 Å². The van der Waals surface area contributed by atoms with Crippen LogP contribution < -0.4 is 5.53 Å². The van der Waals surface area contributed by atoms with Crippen molar-refractivity contribution < 1.29 is 0 Å². The van der Waals surface area contributed by atoms with E-state index < -0.39 is 0 Å². The van der Waals surface area contributed by atoms with E-state index in [1.54, 1.807) is 12.3 Å². The van der Waals surface area contributed by atoms with Gasteiger partial charge in [-0.3, -0.25) is 0 Å². The molecule has 0 radical (unpaired) electrons. The van der Waals surface area contributed by atoms with Crippen LogP contribution in [0.5, 0.6) is 0 Å². The van der Waals surface area contributed by atoms with Crippen molar-refractivity contribution in [2.24, 2.45) is 10.2 Å². The van der Waals surface area contributed by atoms with Crippen molar-refractivity contribution >= 4 is 11.9 Å². The maximum absolute atomic E-state index is 8.24. The van der Waals surface area contributed by atoms with Gasteiger partial charge in [0.2, 0.25) is 6.19 Å². The minimum atomic E-state index is 0.145. The molecule has 1 aliphatic heterocycles. The summed E-state index contributed by atoms with van der Waals surface area (Å²) < 4.78 is 0. The maximum atomic E-state index is 8.24. The Balaban J connectivity index is 2.68. The summed E-state index contributed by atoms with van der Waals surface area (Å²) >= 11 is 0. The van der Waals surface area contributed by atoms with Gasteiger partial charge in [-0.2, -0.15) is 16.1 Å². The van der Waals surface area contributed by atoms with Crippen LogP contribution in [0, 0.1) is 22.8 Å². The van der Waals surface area contributed by atoms with Crippen LogP contribution in [0.1, 0.15) is 0 Å². The molecule has 1 rings (SSSR count). The lowest BCUT2D eigenvalue weighted by molar-refractivity contribution is 0.305. The Bertz CT molecular complexity index is 262. The van der Waals surface area contributed by atoms with Gasteiger partial charge in [0.25, 0.3) is 0 Å². The molecule has 1 aliphatic rings. The second kappa shape index (κ2) is 2.46. The zero-order valence-electron chi connectivity index (χ0n) is 4.81. The molecule has 0 spiro atoms. The van der Waals surface area contributed by atoms with Gasteiger partial charge >= 0.3 is 0 Å². The quantitative estimate of drug-likeness (QED) is 0.437. The highest BCUT2D eigenvalue weighted by Gasteiger charge is 2.02. The summed E-state index contributed by atoms with van der Waals surface area (Å²) in [6, 6.07) is 1.75. The molecule has 0 unspecified atom stereocenters. The van der Waals surface area contributed by atoms with Crippen LogP contribution in [0.25, 0.3) is 0 Å². The summed E-state index contributed by atoms with van der Waals surface area (Å²) in [7, 11) is 0. The molecule has 0 saturated heterocycles. The van der Waals surface area contributed by atoms with Crippen LogP contribution in [0.2, 0.25) is 0 Å². The van der Waals surface area contributed by atoms with Gasteiger partial charge in [-0.15, -0.1) is 10.2 Å². The SMILES string of the molecule is N#CC1=NNN(C#N)N=C1. The number of nitriles is 2. The van der Waals surface area contributed by atoms with Gasteiger partial charge in [-0.05, 0) is 0 Å². The molecule has 0 aliphatic carbocycles. The van der Waals surface area contributed by atoms with Crippen LogP contribution in [-0.4, -0.2) is 17.0 Å². The summed E-state index contributed by atoms with van der Waals surface area (Å²) in [5, 5.41) is 24.2. The van der Waals surface area contributed by atoms with Gasteiger partial charge in [-0.1, -0.05) is 5.12 Å². The fourth-order valence-corrected chi connectivity index (χ4v) is 0.370. The molecule has 0 bridgehead atoms. The van der Waals surface area contributed by atoms with Crippen LogP contribution >= 0.6 is 0 Å². The van der Waals surface area contributed by atoms with E-state index in [9.17, 15) is 0 Å². The van der Waals surface area contributed by atoms with E-state index in [1.807, 2.05) is 0 Å². The first-order valence-electron chi connectivity index (χ1n) is 2.34. The third-order valence-corrected chi connectivity index (χ3v) is 0.770. The monoisotopic (exact) mass is 134 g/mol. The molecule has 0 fully saturated rings. The number of hydrazine groups is 1. The smallest absolute Gasteiger partial charge is 0.191 e. The van der Waals surface area contributed by atoms with Gasteiger partial charge in [0, 0.05) is 0 Å². The number of hydrogen-bond donors (Lipinski definition) is 1. The lowest BCUT2D eigenvalue weighted by Gasteiger charge is -2.09. The highest BCUT2D eigenvalue weighted by molar-refractivity contribution is 6.37. The van der Waals surface area contributed by atoms with E-state index >= 15 is 0 Å². The second-order valence-corrected chi connectivity index (χ2v) is 1.37. The van der Waals surface area contributed by atoms with E-state index in [-0.39, 0.29) is 5.71 Å². The molecule has 0 aromatic heterocycles. The first kappa shape index (κ1) is 6.05. The average Bonchev–Trinajstić information content (AvgIpc) is 2.05. The lowest BCUT2D eigenvalue weighted by atomic mass is 10.5. The molecular weight excluding hydrogens is 132 g/mol. The first-order valence-corrected chi connectivity index (χ1v) is 2.34. The third kappa shape index (κ3) is 1.01. The molecular formula is C4H2N6. The standard InChI is InChI=1S/C4H2N6/c5-1-4-2-7-10(3-6)9-8-4/h2,9H. The zero-order valence-corrected chi connectivity index (χ0v) is 4.81. The number of nitrogens with zero attached hydrogens (tertiary/aromatic N) is 5. The molecule has 6 heteroatoms. The molecule has 48 valence electrons. The Labute approximate surface area is 56.6 Å². The summed E-state index contributed by atoms with van der Waals surface area (Å²) in [4.78, 5) is 0. The van der Waals surface area contributed by atoms with Crippen molar-refractivity contribution in [3.63, 3.8) is 0 Å². The van der Waals surface area contributed by atoms with Crippen LogP contribution in [0.3, 0.4) is 0 Å². The van der Waals surface area contributed by atoms with Crippen molar-refractivity contribution in [2.75, 3.05) is 0 Å². The molecule has 0 aromatic carbocycles.